The molecule has 0 spiro atoms. The Bertz CT molecular complexity index is 1070. The van der Waals surface area contributed by atoms with Crippen LogP contribution in [0.4, 0.5) is 10.1 Å². The molecular formula is C24H27FN4O2. The summed E-state index contributed by atoms with van der Waals surface area (Å²) in [6, 6.07) is 12.6. The quantitative estimate of drug-likeness (QED) is 0.660. The van der Waals surface area contributed by atoms with Crippen molar-refractivity contribution in [2.75, 3.05) is 18.0 Å². The molecule has 162 valence electrons. The molecular weight excluding hydrogens is 395 g/mol. The minimum Gasteiger partial charge on any atom is -0.393 e. The van der Waals surface area contributed by atoms with Crippen molar-refractivity contribution in [3.63, 3.8) is 0 Å². The van der Waals surface area contributed by atoms with Crippen LogP contribution in [0.3, 0.4) is 0 Å². The van der Waals surface area contributed by atoms with Gasteiger partial charge in [0.05, 0.1) is 17.4 Å². The molecule has 1 saturated heterocycles. The maximum Gasteiger partial charge on any atom is 0.253 e. The number of hydrogen-bond acceptors (Lipinski definition) is 4. The number of rotatable bonds is 5. The van der Waals surface area contributed by atoms with E-state index in [0.717, 1.165) is 17.2 Å². The first-order valence-electron chi connectivity index (χ1n) is 10.5. The molecule has 6 nitrogen and oxygen atoms in total. The summed E-state index contributed by atoms with van der Waals surface area (Å²) in [5, 5.41) is 12.5. The summed E-state index contributed by atoms with van der Waals surface area (Å²) >= 11 is 0. The van der Waals surface area contributed by atoms with Crippen molar-refractivity contribution < 1.29 is 14.3 Å². The van der Waals surface area contributed by atoms with Gasteiger partial charge in [-0.2, -0.15) is 0 Å². The Hall–Kier alpha value is -3.19. The highest BCUT2D eigenvalue weighted by atomic mass is 19.1. The number of aliphatic hydroxyl groups excluding tert-OH is 1. The van der Waals surface area contributed by atoms with Crippen LogP contribution < -0.4 is 10.2 Å². The third kappa shape index (κ3) is 4.46. The van der Waals surface area contributed by atoms with Gasteiger partial charge in [0.15, 0.2) is 0 Å². The first kappa shape index (κ1) is 21.1. The summed E-state index contributed by atoms with van der Waals surface area (Å²) in [7, 11) is 0. The predicted molar refractivity (Wildman–Crippen MR) is 118 cm³/mol. The van der Waals surface area contributed by atoms with Crippen molar-refractivity contribution >= 4 is 11.6 Å². The van der Waals surface area contributed by atoms with E-state index in [4.69, 9.17) is 0 Å². The number of hydrogen-bond donors (Lipinski definition) is 2. The Morgan fingerprint density at radius 3 is 2.65 bits per heavy atom. The Labute approximate surface area is 181 Å². The number of aryl methyl sites for hydroxylation is 1. The van der Waals surface area contributed by atoms with Crippen LogP contribution in [-0.4, -0.2) is 39.8 Å². The molecule has 1 aromatic carbocycles. The van der Waals surface area contributed by atoms with Gasteiger partial charge >= 0.3 is 0 Å². The van der Waals surface area contributed by atoms with Gasteiger partial charge < -0.3 is 19.9 Å². The van der Waals surface area contributed by atoms with Crippen LogP contribution in [0.15, 0.2) is 48.7 Å². The van der Waals surface area contributed by atoms with Gasteiger partial charge in [0.25, 0.3) is 5.91 Å². The van der Waals surface area contributed by atoms with E-state index in [-0.39, 0.29) is 24.4 Å². The van der Waals surface area contributed by atoms with Crippen LogP contribution in [-0.2, 0) is 6.54 Å². The smallest absolute Gasteiger partial charge is 0.253 e. The number of anilines is 1. The average molecular weight is 423 g/mol. The summed E-state index contributed by atoms with van der Waals surface area (Å²) in [5.74, 6) is 0.251. The van der Waals surface area contributed by atoms with Gasteiger partial charge in [0.2, 0.25) is 0 Å². The van der Waals surface area contributed by atoms with Gasteiger partial charge in [-0.1, -0.05) is 12.1 Å². The summed E-state index contributed by atoms with van der Waals surface area (Å²) < 4.78 is 16.6. The number of nitrogens with zero attached hydrogens (tertiary/aromatic N) is 3. The Kier molecular flexibility index (Phi) is 6.04. The minimum atomic E-state index is -0.309. The molecule has 2 aromatic heterocycles. The second kappa shape index (κ2) is 8.89. The molecule has 3 aromatic rings. The van der Waals surface area contributed by atoms with Crippen molar-refractivity contribution in [2.24, 2.45) is 0 Å². The first-order valence-corrected chi connectivity index (χ1v) is 10.5. The summed E-state index contributed by atoms with van der Waals surface area (Å²) in [6.07, 6.45) is 2.72. The van der Waals surface area contributed by atoms with Crippen molar-refractivity contribution in [3.8, 4) is 5.82 Å². The number of pyridine rings is 1. The zero-order chi connectivity index (χ0) is 22.0. The lowest BCUT2D eigenvalue weighted by molar-refractivity contribution is 0.0950. The van der Waals surface area contributed by atoms with Crippen molar-refractivity contribution in [1.29, 1.82) is 0 Å². The molecule has 0 bridgehead atoms. The maximum atomic E-state index is 14.7. The molecule has 3 heterocycles. The number of carbonyl (C=O) groups is 1. The van der Waals surface area contributed by atoms with E-state index in [0.29, 0.717) is 42.7 Å². The monoisotopic (exact) mass is 422 g/mol. The largest absolute Gasteiger partial charge is 0.393 e. The fourth-order valence-electron chi connectivity index (χ4n) is 4.13. The molecule has 1 amide bonds. The molecule has 0 atom stereocenters. The summed E-state index contributed by atoms with van der Waals surface area (Å²) in [6.45, 7) is 5.34. The van der Waals surface area contributed by atoms with E-state index in [1.165, 1.54) is 6.07 Å². The van der Waals surface area contributed by atoms with Gasteiger partial charge in [-0.25, -0.2) is 9.37 Å². The van der Waals surface area contributed by atoms with Gasteiger partial charge in [0, 0.05) is 37.2 Å². The minimum absolute atomic E-state index is 0.204. The Balaban J connectivity index is 1.44. The summed E-state index contributed by atoms with van der Waals surface area (Å²) in [5.41, 5.74) is 3.55. The van der Waals surface area contributed by atoms with Crippen LogP contribution in [0.25, 0.3) is 5.82 Å². The SMILES string of the molecule is Cc1cc(C(=O)NCc2ccc(N3CCC(O)CC3)c(F)c2)c(C)n1-c1ccccn1. The lowest BCUT2D eigenvalue weighted by Gasteiger charge is -2.31. The van der Waals surface area contributed by atoms with E-state index in [2.05, 4.69) is 10.3 Å². The van der Waals surface area contributed by atoms with Crippen LogP contribution in [0.5, 0.6) is 0 Å². The maximum absolute atomic E-state index is 14.7. The van der Waals surface area contributed by atoms with E-state index in [1.54, 1.807) is 12.3 Å². The highest BCUT2D eigenvalue weighted by molar-refractivity contribution is 5.95. The number of benzene rings is 1. The van der Waals surface area contributed by atoms with E-state index < -0.39 is 0 Å². The van der Waals surface area contributed by atoms with Gasteiger partial charge in [-0.05, 0) is 62.6 Å². The fourth-order valence-corrected chi connectivity index (χ4v) is 4.13. The van der Waals surface area contributed by atoms with Crippen LogP contribution in [0, 0.1) is 19.7 Å². The van der Waals surface area contributed by atoms with Gasteiger partial charge in [-0.15, -0.1) is 0 Å². The Morgan fingerprint density at radius 2 is 1.97 bits per heavy atom. The van der Waals surface area contributed by atoms with Gasteiger partial charge in [-0.3, -0.25) is 4.79 Å². The lowest BCUT2D eigenvalue weighted by atomic mass is 10.1. The van der Waals surface area contributed by atoms with E-state index in [9.17, 15) is 14.3 Å². The molecule has 31 heavy (non-hydrogen) atoms. The number of aromatic nitrogens is 2. The average Bonchev–Trinajstić information content (AvgIpc) is 3.07. The van der Waals surface area contributed by atoms with Crippen LogP contribution >= 0.6 is 0 Å². The first-order chi connectivity index (χ1) is 14.9. The van der Waals surface area contributed by atoms with Crippen molar-refractivity contribution in [3.05, 3.63) is 77.0 Å². The third-order valence-electron chi connectivity index (χ3n) is 5.82. The van der Waals surface area contributed by atoms with Crippen molar-refractivity contribution in [1.82, 2.24) is 14.9 Å². The number of piperidine rings is 1. The third-order valence-corrected chi connectivity index (χ3v) is 5.82. The second-order valence-electron chi connectivity index (χ2n) is 7.99. The van der Waals surface area contributed by atoms with Crippen LogP contribution in [0.1, 0.15) is 40.2 Å². The zero-order valence-corrected chi connectivity index (χ0v) is 17.8. The van der Waals surface area contributed by atoms with Gasteiger partial charge in [0.1, 0.15) is 11.6 Å². The molecule has 7 heteroatoms. The molecule has 4 rings (SSSR count). The normalized spacial score (nSPS) is 14.6. The molecule has 2 N–H and O–H groups in total. The topological polar surface area (TPSA) is 70.4 Å². The highest BCUT2D eigenvalue weighted by Gasteiger charge is 2.20. The molecule has 0 saturated carbocycles. The van der Waals surface area contributed by atoms with E-state index in [1.807, 2.05) is 53.6 Å². The highest BCUT2D eigenvalue weighted by Crippen LogP contribution is 2.24. The zero-order valence-electron chi connectivity index (χ0n) is 17.8. The fraction of sp³-hybridized carbons (Fsp3) is 0.333. The second-order valence-corrected chi connectivity index (χ2v) is 7.99. The molecule has 1 fully saturated rings. The summed E-state index contributed by atoms with van der Waals surface area (Å²) in [4.78, 5) is 19.1. The molecule has 0 aliphatic carbocycles. The van der Waals surface area contributed by atoms with Crippen LogP contribution in [0.2, 0.25) is 0 Å². The molecule has 0 unspecified atom stereocenters. The number of amides is 1. The Morgan fingerprint density at radius 1 is 1.19 bits per heavy atom. The van der Waals surface area contributed by atoms with E-state index >= 15 is 0 Å². The molecule has 1 aliphatic rings. The number of halogens is 1. The molecule has 0 radical (unpaired) electrons. The number of aliphatic hydroxyl groups is 1. The number of carbonyl (C=O) groups excluding carboxylic acids is 1. The standard InChI is InChI=1S/C24H27FN4O2/c1-16-13-20(17(2)29(16)23-5-3-4-10-26-23)24(31)27-15-18-6-7-22(21(25)14-18)28-11-8-19(30)9-12-28/h3-7,10,13-14,19,30H,8-9,11-12,15H2,1-2H3,(H,27,31). The molecule has 1 aliphatic heterocycles. The lowest BCUT2D eigenvalue weighted by Crippen LogP contribution is -2.36. The van der Waals surface area contributed by atoms with Crippen molar-refractivity contribution in [2.45, 2.75) is 39.3 Å². The predicted octanol–water partition coefficient (Wildman–Crippen LogP) is 3.52. The number of nitrogens with one attached hydrogen (secondary N) is 1.